The molecule has 4 atom stereocenters. The van der Waals surface area contributed by atoms with Gasteiger partial charge in [-0.25, -0.2) is 0 Å². The second-order valence-corrected chi connectivity index (χ2v) is 20.1. The first kappa shape index (κ1) is 31.6. The van der Waals surface area contributed by atoms with E-state index in [1.54, 1.807) is 0 Å². The van der Waals surface area contributed by atoms with Crippen molar-refractivity contribution in [2.45, 2.75) is 126 Å². The summed E-state index contributed by atoms with van der Waals surface area (Å²) in [5.41, 5.74) is -5.93. The van der Waals surface area contributed by atoms with Crippen LogP contribution in [0.4, 0.5) is 13.2 Å². The monoisotopic (exact) mass is 659 g/mol. The van der Waals surface area contributed by atoms with Crippen LogP contribution in [0, 0.1) is 23.0 Å². The Hall–Kier alpha value is 0.340. The first-order valence-electron chi connectivity index (χ1n) is 13.1. The molecule has 0 spiro atoms. The van der Waals surface area contributed by atoms with Crippen LogP contribution in [0.15, 0.2) is 0 Å². The number of sulfonamides is 1. The van der Waals surface area contributed by atoms with E-state index in [1.165, 1.54) is 32.1 Å². The molecule has 2 aliphatic carbocycles. The van der Waals surface area contributed by atoms with Crippen molar-refractivity contribution in [2.24, 2.45) is 17.8 Å². The molecule has 2 aliphatic rings. The summed E-state index contributed by atoms with van der Waals surface area (Å²) in [5.74, 6) is 1.70. The van der Waals surface area contributed by atoms with Crippen LogP contribution in [0.25, 0.3) is 0 Å². The van der Waals surface area contributed by atoms with Gasteiger partial charge >= 0.3 is 219 Å². The SMILES string of the molecule is CCC1CC[C@@H]1CCC1CCCCCCCCCCCC([I-]S(=O)(=O)N([O-])S(=O)(=O)C(F)(F)F)C1. The first-order chi connectivity index (χ1) is 16.4. The van der Waals surface area contributed by atoms with Gasteiger partial charge in [-0.1, -0.05) is 0 Å². The molecule has 0 N–H and O–H groups in total. The van der Waals surface area contributed by atoms with E-state index in [0.29, 0.717) is 18.8 Å². The number of hydrogen-bond donors (Lipinski definition) is 0. The summed E-state index contributed by atoms with van der Waals surface area (Å²) in [5, 5.41) is 11.9. The summed E-state index contributed by atoms with van der Waals surface area (Å²) in [6, 6.07) is 0. The Balaban J connectivity index is 2.13. The van der Waals surface area contributed by atoms with Crippen molar-refractivity contribution in [2.75, 3.05) is 0 Å². The molecule has 2 rings (SSSR count). The summed E-state index contributed by atoms with van der Waals surface area (Å²) >= 11 is -2.13. The molecule has 0 amide bonds. The Labute approximate surface area is 218 Å². The van der Waals surface area contributed by atoms with Crippen LogP contribution in [-0.4, -0.2) is 30.1 Å². The number of halogens is 4. The quantitative estimate of drug-likeness (QED) is 0.171. The van der Waals surface area contributed by atoms with Crippen molar-refractivity contribution in [1.29, 1.82) is 0 Å². The fourth-order valence-electron chi connectivity index (χ4n) is 5.38. The molecular weight excluding hydrogens is 618 g/mol. The number of hydrogen-bond acceptors (Lipinski definition) is 5. The van der Waals surface area contributed by atoms with E-state index in [4.69, 9.17) is 0 Å². The van der Waals surface area contributed by atoms with Gasteiger partial charge in [0.05, 0.1) is 0 Å². The molecule has 12 heteroatoms. The Morgan fingerprint density at radius 2 is 1.31 bits per heavy atom. The van der Waals surface area contributed by atoms with E-state index >= 15 is 0 Å². The van der Waals surface area contributed by atoms with Gasteiger partial charge in [-0.15, -0.1) is 0 Å². The molecule has 3 unspecified atom stereocenters. The second-order valence-electron chi connectivity index (χ2n) is 10.2. The van der Waals surface area contributed by atoms with Crippen LogP contribution in [0.5, 0.6) is 0 Å². The molecule has 0 aromatic carbocycles. The van der Waals surface area contributed by atoms with E-state index in [2.05, 4.69) is 6.92 Å². The van der Waals surface area contributed by atoms with Crippen LogP contribution in [-0.2, 0) is 17.2 Å². The van der Waals surface area contributed by atoms with Gasteiger partial charge in [-0.05, 0) is 0 Å². The molecule has 0 radical (unpaired) electrons. The summed E-state index contributed by atoms with van der Waals surface area (Å²) in [6.45, 7) is 2.20. The molecule has 0 heterocycles. The maximum absolute atomic E-state index is 12.8. The Morgan fingerprint density at radius 3 is 1.80 bits per heavy atom. The first-order valence-corrected chi connectivity index (χ1v) is 19.7. The fourth-order valence-corrected chi connectivity index (χ4v) is 15.7. The average Bonchev–Trinajstić information content (AvgIpc) is 2.74. The van der Waals surface area contributed by atoms with Crippen molar-refractivity contribution in [1.82, 2.24) is 3.87 Å². The molecule has 2 fully saturated rings. The maximum atomic E-state index is 12.8. The summed E-state index contributed by atoms with van der Waals surface area (Å²) < 4.78 is 84.5. The topological polar surface area (TPSA) is 94.6 Å². The Kier molecular flexibility index (Phi) is 13.1. The normalized spacial score (nSPS) is 29.0. The summed E-state index contributed by atoms with van der Waals surface area (Å²) in [7, 11) is -11.5. The minimum absolute atomic E-state index is 0.260. The van der Waals surface area contributed by atoms with Crippen molar-refractivity contribution in [3.05, 3.63) is 5.21 Å². The zero-order valence-corrected chi connectivity index (χ0v) is 24.4. The van der Waals surface area contributed by atoms with E-state index in [1.807, 2.05) is 0 Å². The van der Waals surface area contributed by atoms with Gasteiger partial charge in [0.25, 0.3) is 0 Å². The molecule has 2 saturated carbocycles. The van der Waals surface area contributed by atoms with E-state index in [9.17, 15) is 35.2 Å². The van der Waals surface area contributed by atoms with Crippen LogP contribution < -0.4 is 19.8 Å². The molecule has 0 aliphatic heterocycles. The molecule has 35 heavy (non-hydrogen) atoms. The predicted octanol–water partition coefficient (Wildman–Crippen LogP) is 3.87. The van der Waals surface area contributed by atoms with Crippen LogP contribution in [0.2, 0.25) is 0 Å². The van der Waals surface area contributed by atoms with Gasteiger partial charge in [0.15, 0.2) is 0 Å². The molecule has 0 saturated heterocycles. The van der Waals surface area contributed by atoms with E-state index in [0.717, 1.165) is 70.1 Å². The average molecular weight is 660 g/mol. The standard InChI is InChI=1S/C23H41F3INO5S2/c1-2-20-16-17-21(20)15-14-19-12-10-8-6-4-3-5-7-9-11-13-22(18-19)27-35(32,33)28(29)34(30,31)23(24,25)26/h19-22H,2-18H2,1H3/q-2/t19?,20?,21-,22?/m0/s1. The van der Waals surface area contributed by atoms with Gasteiger partial charge in [-0.3, -0.25) is 0 Å². The minimum atomic E-state index is -6.46. The third kappa shape index (κ3) is 9.86. The number of nitrogens with zero attached hydrogens (tertiary/aromatic N) is 1. The van der Waals surface area contributed by atoms with E-state index in [-0.39, 0.29) is 5.92 Å². The van der Waals surface area contributed by atoms with Crippen molar-refractivity contribution >= 4 is 17.2 Å². The van der Waals surface area contributed by atoms with Gasteiger partial charge in [0, 0.05) is 0 Å². The number of alkyl halides is 4. The fraction of sp³-hybridized carbons (Fsp3) is 1.00. The zero-order valence-electron chi connectivity index (χ0n) is 20.6. The summed E-state index contributed by atoms with van der Waals surface area (Å²) in [4.78, 5) is 0. The van der Waals surface area contributed by atoms with Crippen LogP contribution >= 0.6 is 0 Å². The van der Waals surface area contributed by atoms with E-state index < -0.39 is 50.3 Å². The zero-order chi connectivity index (χ0) is 26.1. The second kappa shape index (κ2) is 14.5. The molecule has 0 aromatic rings. The molecule has 210 valence electrons. The van der Waals surface area contributed by atoms with Crippen molar-refractivity contribution in [3.8, 4) is 0 Å². The predicted molar refractivity (Wildman–Crippen MR) is 128 cm³/mol. The van der Waals surface area contributed by atoms with Crippen LogP contribution in [0.3, 0.4) is 0 Å². The van der Waals surface area contributed by atoms with Gasteiger partial charge in [0.1, 0.15) is 0 Å². The van der Waals surface area contributed by atoms with Crippen molar-refractivity contribution in [3.63, 3.8) is 0 Å². The number of rotatable bonds is 8. The van der Waals surface area contributed by atoms with Crippen LogP contribution in [0.1, 0.15) is 116 Å². The van der Waals surface area contributed by atoms with Gasteiger partial charge in [0.2, 0.25) is 0 Å². The molecule has 6 nitrogen and oxygen atoms in total. The third-order valence-corrected chi connectivity index (χ3v) is 17.7. The van der Waals surface area contributed by atoms with Gasteiger partial charge < -0.3 is 0 Å². The Morgan fingerprint density at radius 1 is 0.800 bits per heavy atom. The molecule has 0 bridgehead atoms. The Bertz CT molecular complexity index is 837. The van der Waals surface area contributed by atoms with Gasteiger partial charge in [-0.2, -0.15) is 0 Å². The summed E-state index contributed by atoms with van der Waals surface area (Å²) in [6.07, 6.45) is 17.2. The molecule has 0 aromatic heterocycles. The third-order valence-electron chi connectivity index (χ3n) is 7.67. The van der Waals surface area contributed by atoms with Crippen molar-refractivity contribution < 1.29 is 49.8 Å². The molecular formula is C23H41F3INO5S2-2.